The molecule has 0 bridgehead atoms. The van der Waals surface area contributed by atoms with E-state index in [0.717, 1.165) is 23.5 Å². The van der Waals surface area contributed by atoms with Crippen LogP contribution in [0.1, 0.15) is 31.2 Å². The summed E-state index contributed by atoms with van der Waals surface area (Å²) in [6, 6.07) is -7.41. The number of aliphatic carboxylic acids is 5. The summed E-state index contributed by atoms with van der Waals surface area (Å²) in [5, 5.41) is 77.1. The number of nitrogens with two attached hydrogens (primary N) is 4. The molecule has 0 aliphatic heterocycles. The Morgan fingerprint density at radius 3 is 1.31 bits per heavy atom. The Hall–Kier alpha value is -5.06. The molecular formula is C31H46N8O16S3. The van der Waals surface area contributed by atoms with Gasteiger partial charge in [0, 0.05) is 35.0 Å². The Morgan fingerprint density at radius 2 is 0.931 bits per heavy atom. The number of carboxylic acids is 5. The number of rotatable bonds is 28. The second kappa shape index (κ2) is 25.3. The molecule has 5 atom stereocenters. The van der Waals surface area contributed by atoms with Crippen molar-refractivity contribution in [2.75, 3.05) is 36.9 Å². The Bertz CT molecular complexity index is 1700. The van der Waals surface area contributed by atoms with Gasteiger partial charge in [0.15, 0.2) is 11.5 Å². The summed E-state index contributed by atoms with van der Waals surface area (Å²) in [5.74, 6) is -13.7. The SMILES string of the molecule is NCCc1c(SC[C@H](N)C(=O)O)c(O)c(O)c(SC[C@H](NC(=O)CC[C@H](N)C(=O)O)C(=O)NCC(=O)O)c1SC[C@H](NC(=O)CC[C@H](N)C(=O)O)C(=O)NCC(=O)O. The molecule has 0 radical (unpaired) electrons. The van der Waals surface area contributed by atoms with Gasteiger partial charge in [0.1, 0.15) is 43.3 Å². The Labute approximate surface area is 341 Å². The number of phenolic OH excluding ortho intramolecular Hbond substituents is 2. The highest BCUT2D eigenvalue weighted by molar-refractivity contribution is 8.02. The summed E-state index contributed by atoms with van der Waals surface area (Å²) in [4.78, 5) is 108. The molecule has 0 spiro atoms. The van der Waals surface area contributed by atoms with E-state index in [4.69, 9.17) is 43.4 Å². The number of aromatic hydroxyl groups is 2. The van der Waals surface area contributed by atoms with Gasteiger partial charge in [-0.25, -0.2) is 0 Å². The van der Waals surface area contributed by atoms with Crippen molar-refractivity contribution in [2.24, 2.45) is 22.9 Å². The van der Waals surface area contributed by atoms with Crippen LogP contribution in [0.5, 0.6) is 11.5 Å². The van der Waals surface area contributed by atoms with Gasteiger partial charge in [0.2, 0.25) is 23.6 Å². The third-order valence-corrected chi connectivity index (χ3v) is 11.3. The standard InChI is InChI=1S/C31H46N8O16S3/c32-6-5-12-24(56-9-15(35)31(54)55)22(46)23(47)26(58-11-17(28(49)37-8-21(44)45)39-19(41)4-2-14(34)30(52)53)25(12)57-10-16(27(48)36-7-20(42)43)38-18(40)3-1-13(33)29(50)51/h13-17,46-47H,1-11,32-35H2,(H,36,48)(H,37,49)(H,38,40)(H,39,41)(H,42,43)(H,44,45)(H,50,51)(H,52,53)(H,54,55)/t13-,14-,15-,16-,17-/m0/s1. The summed E-state index contributed by atoms with van der Waals surface area (Å²) in [6.07, 6.45) is -1.71. The molecule has 1 aromatic carbocycles. The van der Waals surface area contributed by atoms with E-state index in [0.29, 0.717) is 11.8 Å². The molecule has 1 aromatic rings. The van der Waals surface area contributed by atoms with E-state index in [-0.39, 0.29) is 51.8 Å². The molecule has 0 unspecified atom stereocenters. The van der Waals surface area contributed by atoms with Gasteiger partial charge in [0.25, 0.3) is 0 Å². The smallest absolute Gasteiger partial charge is 0.322 e. The number of phenols is 2. The number of hydrogen-bond acceptors (Lipinski definition) is 18. The van der Waals surface area contributed by atoms with Crippen molar-refractivity contribution in [2.45, 2.75) is 77.0 Å². The van der Waals surface area contributed by atoms with Gasteiger partial charge in [-0.05, 0) is 31.4 Å². The molecule has 27 heteroatoms. The first-order chi connectivity index (χ1) is 27.1. The molecule has 4 amide bonds. The maximum atomic E-state index is 13.1. The van der Waals surface area contributed by atoms with Gasteiger partial charge in [-0.3, -0.25) is 43.2 Å². The average molecular weight is 883 g/mol. The van der Waals surface area contributed by atoms with Gasteiger partial charge < -0.3 is 79.9 Å². The van der Waals surface area contributed by atoms with Crippen LogP contribution in [0.15, 0.2) is 14.7 Å². The van der Waals surface area contributed by atoms with Gasteiger partial charge in [-0.15, -0.1) is 35.3 Å². The second-order valence-corrected chi connectivity index (χ2v) is 15.1. The number of amides is 4. The first-order valence-corrected chi connectivity index (χ1v) is 19.8. The predicted molar refractivity (Wildman–Crippen MR) is 205 cm³/mol. The molecular weight excluding hydrogens is 837 g/mol. The number of carboxylic acid groups (broad SMARTS) is 5. The van der Waals surface area contributed by atoms with Crippen LogP contribution in [0.25, 0.3) is 0 Å². The van der Waals surface area contributed by atoms with Gasteiger partial charge >= 0.3 is 29.8 Å². The van der Waals surface area contributed by atoms with E-state index in [1.165, 1.54) is 0 Å². The largest absolute Gasteiger partial charge is 0.503 e. The third kappa shape index (κ3) is 17.6. The summed E-state index contributed by atoms with van der Waals surface area (Å²) in [7, 11) is 0. The highest BCUT2D eigenvalue weighted by Gasteiger charge is 2.31. The number of benzene rings is 1. The summed E-state index contributed by atoms with van der Waals surface area (Å²) in [5.41, 5.74) is 22.6. The monoisotopic (exact) mass is 882 g/mol. The fourth-order valence-corrected chi connectivity index (χ4v) is 8.14. The predicted octanol–water partition coefficient (Wildman–Crippen LogP) is -3.96. The Kier molecular flexibility index (Phi) is 22.3. The zero-order chi connectivity index (χ0) is 44.3. The Morgan fingerprint density at radius 1 is 0.552 bits per heavy atom. The van der Waals surface area contributed by atoms with Gasteiger partial charge in [0.05, 0.1) is 9.79 Å². The van der Waals surface area contributed by atoms with Crippen molar-refractivity contribution in [3.63, 3.8) is 0 Å². The lowest BCUT2D eigenvalue weighted by Crippen LogP contribution is -2.49. The lowest BCUT2D eigenvalue weighted by molar-refractivity contribution is -0.140. The molecule has 19 N–H and O–H groups in total. The van der Waals surface area contributed by atoms with Crippen LogP contribution < -0.4 is 44.2 Å². The molecule has 0 saturated heterocycles. The van der Waals surface area contributed by atoms with Crippen molar-refractivity contribution in [3.05, 3.63) is 5.56 Å². The highest BCUT2D eigenvalue weighted by Crippen LogP contribution is 2.51. The maximum absolute atomic E-state index is 13.1. The molecule has 0 heterocycles. The van der Waals surface area contributed by atoms with Crippen LogP contribution in [0, 0.1) is 0 Å². The zero-order valence-corrected chi connectivity index (χ0v) is 33.0. The minimum atomic E-state index is -1.57. The molecule has 0 aliphatic rings. The number of nitrogens with one attached hydrogen (secondary N) is 4. The van der Waals surface area contributed by atoms with E-state index in [1.54, 1.807) is 0 Å². The fourth-order valence-electron chi connectivity index (χ4n) is 4.39. The van der Waals surface area contributed by atoms with Crippen LogP contribution in [-0.4, -0.2) is 156 Å². The number of thioether (sulfide) groups is 3. The van der Waals surface area contributed by atoms with E-state index >= 15 is 0 Å². The lowest BCUT2D eigenvalue weighted by Gasteiger charge is -2.24. The van der Waals surface area contributed by atoms with Crippen molar-refractivity contribution in [1.82, 2.24) is 21.3 Å². The van der Waals surface area contributed by atoms with Crippen molar-refractivity contribution in [1.29, 1.82) is 0 Å². The minimum Gasteiger partial charge on any atom is -0.503 e. The molecule has 0 fully saturated rings. The average Bonchev–Trinajstić information content (AvgIpc) is 3.15. The van der Waals surface area contributed by atoms with Crippen molar-refractivity contribution in [3.8, 4) is 11.5 Å². The van der Waals surface area contributed by atoms with E-state index in [1.807, 2.05) is 0 Å². The molecule has 24 nitrogen and oxygen atoms in total. The van der Waals surface area contributed by atoms with E-state index in [9.17, 15) is 58.5 Å². The number of hydrogen-bond donors (Lipinski definition) is 15. The maximum Gasteiger partial charge on any atom is 0.322 e. The molecule has 0 aliphatic carbocycles. The van der Waals surface area contributed by atoms with E-state index in [2.05, 4.69) is 21.3 Å². The Balaban J connectivity index is 3.80. The molecule has 1 rings (SSSR count). The quantitative estimate of drug-likeness (QED) is 0.0282. The number of carbonyl (C=O) groups excluding carboxylic acids is 4. The normalized spacial score (nSPS) is 13.5. The topological polar surface area (TPSA) is 447 Å². The summed E-state index contributed by atoms with van der Waals surface area (Å²) < 4.78 is 0. The van der Waals surface area contributed by atoms with Gasteiger partial charge in [-0.1, -0.05) is 0 Å². The second-order valence-electron chi connectivity index (χ2n) is 12.0. The molecule has 324 valence electrons. The van der Waals surface area contributed by atoms with Crippen molar-refractivity contribution < 1.29 is 78.9 Å². The van der Waals surface area contributed by atoms with Gasteiger partial charge in [-0.2, -0.15) is 0 Å². The minimum absolute atomic E-state index is 0.0405. The summed E-state index contributed by atoms with van der Waals surface area (Å²) >= 11 is 2.10. The van der Waals surface area contributed by atoms with Crippen LogP contribution in [0.4, 0.5) is 0 Å². The first-order valence-electron chi connectivity index (χ1n) is 16.8. The fraction of sp³-hybridized carbons (Fsp3) is 0.516. The van der Waals surface area contributed by atoms with Crippen molar-refractivity contribution >= 4 is 88.8 Å². The van der Waals surface area contributed by atoms with Crippen LogP contribution in [0.3, 0.4) is 0 Å². The third-order valence-electron chi connectivity index (χ3n) is 7.45. The lowest BCUT2D eigenvalue weighted by atomic mass is 10.1. The zero-order valence-electron chi connectivity index (χ0n) is 30.5. The van der Waals surface area contributed by atoms with Crippen LogP contribution in [0.2, 0.25) is 0 Å². The molecule has 0 aromatic heterocycles. The highest BCUT2D eigenvalue weighted by atomic mass is 32.2. The summed E-state index contributed by atoms with van der Waals surface area (Å²) in [6.45, 7) is -1.88. The van der Waals surface area contributed by atoms with Crippen LogP contribution >= 0.6 is 35.3 Å². The molecule has 0 saturated carbocycles. The number of carbonyl (C=O) groups is 9. The first kappa shape index (κ1) is 51.0. The van der Waals surface area contributed by atoms with E-state index < -0.39 is 133 Å². The van der Waals surface area contributed by atoms with Crippen LogP contribution in [-0.2, 0) is 49.6 Å². The molecule has 58 heavy (non-hydrogen) atoms.